The number of nitrogens with zero attached hydrogens (tertiary/aromatic N) is 2. The second-order valence-corrected chi connectivity index (χ2v) is 5.92. The van der Waals surface area contributed by atoms with Crippen LogP contribution in [0.2, 0.25) is 0 Å². The van der Waals surface area contributed by atoms with Crippen molar-refractivity contribution in [3.8, 4) is 0 Å². The van der Waals surface area contributed by atoms with Crippen LogP contribution in [-0.4, -0.2) is 18.1 Å². The van der Waals surface area contributed by atoms with Gasteiger partial charge in [-0.3, -0.25) is 0 Å². The SMILES string of the molecule is CCCCN(CCCC)c1ncc(Br)cc1Br. The van der Waals surface area contributed by atoms with Crippen molar-refractivity contribution in [3.05, 3.63) is 21.2 Å². The topological polar surface area (TPSA) is 16.1 Å². The van der Waals surface area contributed by atoms with Gasteiger partial charge in [-0.2, -0.15) is 0 Å². The van der Waals surface area contributed by atoms with Crippen LogP contribution < -0.4 is 4.90 Å². The largest absolute Gasteiger partial charge is 0.356 e. The van der Waals surface area contributed by atoms with Gasteiger partial charge in [-0.05, 0) is 50.8 Å². The van der Waals surface area contributed by atoms with E-state index in [0.29, 0.717) is 0 Å². The third-order valence-electron chi connectivity index (χ3n) is 2.65. The maximum atomic E-state index is 4.52. The minimum Gasteiger partial charge on any atom is -0.356 e. The number of aromatic nitrogens is 1. The van der Waals surface area contributed by atoms with E-state index in [1.807, 2.05) is 6.20 Å². The second-order valence-electron chi connectivity index (χ2n) is 4.15. The van der Waals surface area contributed by atoms with Gasteiger partial charge in [-0.1, -0.05) is 26.7 Å². The minimum atomic E-state index is 1.01. The third kappa shape index (κ3) is 4.96. The summed E-state index contributed by atoms with van der Waals surface area (Å²) in [6.45, 7) is 6.62. The molecule has 96 valence electrons. The van der Waals surface area contributed by atoms with Gasteiger partial charge in [0.1, 0.15) is 5.82 Å². The molecule has 0 radical (unpaired) electrons. The van der Waals surface area contributed by atoms with Crippen LogP contribution in [0.4, 0.5) is 5.82 Å². The summed E-state index contributed by atoms with van der Waals surface area (Å²) in [5, 5.41) is 0. The Morgan fingerprint density at radius 1 is 1.12 bits per heavy atom. The van der Waals surface area contributed by atoms with Gasteiger partial charge < -0.3 is 4.90 Å². The Kier molecular flexibility index (Phi) is 7.12. The lowest BCUT2D eigenvalue weighted by Crippen LogP contribution is -2.26. The Balaban J connectivity index is 2.79. The summed E-state index contributed by atoms with van der Waals surface area (Å²) in [4.78, 5) is 6.89. The molecule has 0 atom stereocenters. The lowest BCUT2D eigenvalue weighted by molar-refractivity contribution is 0.670. The summed E-state index contributed by atoms with van der Waals surface area (Å²) in [6.07, 6.45) is 6.74. The van der Waals surface area contributed by atoms with E-state index in [2.05, 4.69) is 61.7 Å². The van der Waals surface area contributed by atoms with Gasteiger partial charge in [0.25, 0.3) is 0 Å². The van der Waals surface area contributed by atoms with Gasteiger partial charge in [0, 0.05) is 23.8 Å². The number of halogens is 2. The fourth-order valence-corrected chi connectivity index (χ4v) is 2.90. The van der Waals surface area contributed by atoms with E-state index in [0.717, 1.165) is 27.9 Å². The smallest absolute Gasteiger partial charge is 0.142 e. The first-order valence-corrected chi connectivity index (χ1v) is 7.83. The molecule has 1 rings (SSSR count). The molecule has 4 heteroatoms. The first kappa shape index (κ1) is 15.0. The summed E-state index contributed by atoms with van der Waals surface area (Å²) < 4.78 is 2.08. The summed E-state index contributed by atoms with van der Waals surface area (Å²) in [5.74, 6) is 1.06. The molecule has 0 aliphatic rings. The zero-order valence-corrected chi connectivity index (χ0v) is 13.7. The van der Waals surface area contributed by atoms with Crippen LogP contribution in [0.1, 0.15) is 39.5 Å². The van der Waals surface area contributed by atoms with E-state index in [9.17, 15) is 0 Å². The van der Waals surface area contributed by atoms with Crippen LogP contribution >= 0.6 is 31.9 Å². The Morgan fingerprint density at radius 3 is 2.18 bits per heavy atom. The van der Waals surface area contributed by atoms with Crippen molar-refractivity contribution in [2.24, 2.45) is 0 Å². The maximum absolute atomic E-state index is 4.52. The predicted octanol–water partition coefficient (Wildman–Crippen LogP) is 5.01. The summed E-state index contributed by atoms with van der Waals surface area (Å²) in [5.41, 5.74) is 0. The number of pyridine rings is 1. The summed E-state index contributed by atoms with van der Waals surface area (Å²) >= 11 is 7.04. The van der Waals surface area contributed by atoms with Crippen LogP contribution in [0.3, 0.4) is 0 Å². The first-order chi connectivity index (χ1) is 8.19. The molecular weight excluding hydrogens is 344 g/mol. The van der Waals surface area contributed by atoms with Crippen LogP contribution in [-0.2, 0) is 0 Å². The standard InChI is InChI=1S/C13H20Br2N2/c1-3-5-7-17(8-6-4-2)13-12(15)9-11(14)10-16-13/h9-10H,3-8H2,1-2H3. The van der Waals surface area contributed by atoms with Crippen LogP contribution in [0, 0.1) is 0 Å². The van der Waals surface area contributed by atoms with Crippen molar-refractivity contribution < 1.29 is 0 Å². The number of unbranched alkanes of at least 4 members (excludes halogenated alkanes) is 2. The fourth-order valence-electron chi connectivity index (χ4n) is 1.66. The normalized spacial score (nSPS) is 10.6. The first-order valence-electron chi connectivity index (χ1n) is 6.25. The minimum absolute atomic E-state index is 1.01. The van der Waals surface area contributed by atoms with Crippen LogP contribution in [0.15, 0.2) is 21.2 Å². The maximum Gasteiger partial charge on any atom is 0.142 e. The Bertz CT molecular complexity index is 334. The number of hydrogen-bond donors (Lipinski definition) is 0. The zero-order valence-electron chi connectivity index (χ0n) is 10.5. The average molecular weight is 364 g/mol. The lowest BCUT2D eigenvalue weighted by Gasteiger charge is -2.24. The van der Waals surface area contributed by atoms with E-state index < -0.39 is 0 Å². The molecule has 0 unspecified atom stereocenters. The highest BCUT2D eigenvalue weighted by molar-refractivity contribution is 9.11. The Morgan fingerprint density at radius 2 is 1.71 bits per heavy atom. The molecule has 0 saturated carbocycles. The van der Waals surface area contributed by atoms with Gasteiger partial charge >= 0.3 is 0 Å². The van der Waals surface area contributed by atoms with Crippen molar-refractivity contribution in [1.29, 1.82) is 0 Å². The predicted molar refractivity (Wildman–Crippen MR) is 81.7 cm³/mol. The van der Waals surface area contributed by atoms with Gasteiger partial charge in [-0.25, -0.2) is 4.98 Å². The van der Waals surface area contributed by atoms with E-state index in [1.54, 1.807) is 0 Å². The lowest BCUT2D eigenvalue weighted by atomic mass is 10.2. The molecule has 0 N–H and O–H groups in total. The molecule has 0 spiro atoms. The Hall–Kier alpha value is -0.0900. The number of anilines is 1. The van der Waals surface area contributed by atoms with Gasteiger partial charge in [0.2, 0.25) is 0 Å². The molecule has 0 aliphatic carbocycles. The van der Waals surface area contributed by atoms with Crippen molar-refractivity contribution in [1.82, 2.24) is 4.98 Å². The fraction of sp³-hybridized carbons (Fsp3) is 0.615. The molecule has 1 aromatic rings. The van der Waals surface area contributed by atoms with E-state index in [1.165, 1.54) is 25.7 Å². The number of hydrogen-bond acceptors (Lipinski definition) is 2. The molecule has 0 bridgehead atoms. The Labute approximate surface area is 121 Å². The van der Waals surface area contributed by atoms with Crippen molar-refractivity contribution in [2.45, 2.75) is 39.5 Å². The van der Waals surface area contributed by atoms with Crippen LogP contribution in [0.25, 0.3) is 0 Å². The van der Waals surface area contributed by atoms with E-state index >= 15 is 0 Å². The molecule has 1 heterocycles. The molecule has 0 aliphatic heterocycles. The third-order valence-corrected chi connectivity index (χ3v) is 3.67. The number of rotatable bonds is 7. The van der Waals surface area contributed by atoms with E-state index in [4.69, 9.17) is 0 Å². The molecule has 0 aromatic carbocycles. The van der Waals surface area contributed by atoms with Crippen molar-refractivity contribution >= 4 is 37.7 Å². The average Bonchev–Trinajstić information content (AvgIpc) is 2.30. The highest BCUT2D eigenvalue weighted by Crippen LogP contribution is 2.27. The molecule has 0 fully saturated rings. The van der Waals surface area contributed by atoms with Gasteiger partial charge in [0.15, 0.2) is 0 Å². The van der Waals surface area contributed by atoms with E-state index in [-0.39, 0.29) is 0 Å². The second kappa shape index (κ2) is 8.09. The van der Waals surface area contributed by atoms with Gasteiger partial charge in [0.05, 0.1) is 4.47 Å². The molecule has 0 saturated heterocycles. The quantitative estimate of drug-likeness (QED) is 0.676. The van der Waals surface area contributed by atoms with Crippen LogP contribution in [0.5, 0.6) is 0 Å². The van der Waals surface area contributed by atoms with Gasteiger partial charge in [-0.15, -0.1) is 0 Å². The summed E-state index contributed by atoms with van der Waals surface area (Å²) in [6, 6.07) is 2.06. The molecular formula is C13H20Br2N2. The zero-order chi connectivity index (χ0) is 12.7. The highest BCUT2D eigenvalue weighted by atomic mass is 79.9. The molecule has 2 nitrogen and oxygen atoms in total. The molecule has 1 aromatic heterocycles. The molecule has 17 heavy (non-hydrogen) atoms. The van der Waals surface area contributed by atoms with Crippen molar-refractivity contribution in [2.75, 3.05) is 18.0 Å². The molecule has 0 amide bonds. The summed E-state index contributed by atoms with van der Waals surface area (Å²) in [7, 11) is 0. The monoisotopic (exact) mass is 362 g/mol. The highest BCUT2D eigenvalue weighted by Gasteiger charge is 2.11. The van der Waals surface area contributed by atoms with Crippen molar-refractivity contribution in [3.63, 3.8) is 0 Å².